The van der Waals surface area contributed by atoms with Crippen molar-refractivity contribution in [1.29, 1.82) is 0 Å². The van der Waals surface area contributed by atoms with Gasteiger partial charge in [-0.25, -0.2) is 14.3 Å². The lowest BCUT2D eigenvalue weighted by atomic mass is 10.2. The van der Waals surface area contributed by atoms with Crippen molar-refractivity contribution in [3.8, 4) is 22.1 Å². The van der Waals surface area contributed by atoms with E-state index in [1.807, 2.05) is 48.8 Å². The molecule has 4 aromatic heterocycles. The van der Waals surface area contributed by atoms with Crippen LogP contribution in [0, 0.1) is 0 Å². The highest BCUT2D eigenvalue weighted by Gasteiger charge is 2.15. The third kappa shape index (κ3) is 7.52. The molecule has 0 spiro atoms. The molecule has 40 heavy (non-hydrogen) atoms. The molecule has 6 bridgehead atoms. The van der Waals surface area contributed by atoms with Crippen LogP contribution < -0.4 is 5.73 Å². The minimum Gasteiger partial charge on any atom is -0.395 e. The zero-order valence-corrected chi connectivity index (χ0v) is 23.2. The lowest BCUT2D eigenvalue weighted by Crippen LogP contribution is -2.31. The molecule has 0 atom stereocenters. The number of hydrogen-bond acceptors (Lipinski definition) is 11. The fourth-order valence-electron chi connectivity index (χ4n) is 4.52. The Balaban J connectivity index is 1.49. The maximum atomic E-state index is 9.57. The van der Waals surface area contributed by atoms with Crippen molar-refractivity contribution >= 4 is 16.3 Å². The maximum Gasteiger partial charge on any atom is 0.156 e. The number of rotatable bonds is 5. The zero-order valence-electron chi connectivity index (χ0n) is 22.4. The number of thiophene rings is 1. The minimum absolute atomic E-state index is 0.0525. The molecule has 0 amide bonds. The third-order valence-corrected chi connectivity index (χ3v) is 7.51. The second-order valence-electron chi connectivity index (χ2n) is 9.50. The molecule has 4 aromatic rings. The Hall–Kier alpha value is -3.17. The maximum absolute atomic E-state index is 9.57. The molecule has 0 fully saturated rings. The molecule has 0 aromatic carbocycles. The van der Waals surface area contributed by atoms with Crippen molar-refractivity contribution < 1.29 is 19.7 Å². The van der Waals surface area contributed by atoms with Gasteiger partial charge in [-0.1, -0.05) is 0 Å². The Bertz CT molecular complexity index is 1280. The molecule has 0 radical (unpaired) electrons. The van der Waals surface area contributed by atoms with Crippen LogP contribution in [-0.2, 0) is 22.6 Å². The summed E-state index contributed by atoms with van der Waals surface area (Å²) >= 11 is 1.51. The first-order valence-corrected chi connectivity index (χ1v) is 14.2. The summed E-state index contributed by atoms with van der Waals surface area (Å²) in [5.74, 6) is 1.31. The summed E-state index contributed by atoms with van der Waals surface area (Å²) in [5, 5.41) is 29.5. The Morgan fingerprint density at radius 2 is 1.32 bits per heavy atom. The molecule has 5 rings (SSSR count). The summed E-state index contributed by atoms with van der Waals surface area (Å²) in [6, 6.07) is 11.8. The Kier molecular flexibility index (Phi) is 9.89. The molecular weight excluding hydrogens is 532 g/mol. The van der Waals surface area contributed by atoms with Crippen molar-refractivity contribution in [2.45, 2.75) is 13.1 Å². The quantitative estimate of drug-likeness (QED) is 0.324. The van der Waals surface area contributed by atoms with E-state index in [1.165, 1.54) is 11.3 Å². The monoisotopic (exact) mass is 568 g/mol. The van der Waals surface area contributed by atoms with E-state index in [1.54, 1.807) is 9.36 Å². The smallest absolute Gasteiger partial charge is 0.156 e. The molecule has 0 aliphatic carbocycles. The average Bonchev–Trinajstić information content (AvgIpc) is 3.71. The molecule has 12 nitrogen and oxygen atoms in total. The van der Waals surface area contributed by atoms with Crippen molar-refractivity contribution in [3.05, 3.63) is 60.2 Å². The van der Waals surface area contributed by atoms with Crippen molar-refractivity contribution in [2.24, 2.45) is 0 Å². The molecule has 0 saturated carbocycles. The van der Waals surface area contributed by atoms with E-state index in [0.717, 1.165) is 26.8 Å². The number of anilines is 1. The van der Waals surface area contributed by atoms with Crippen LogP contribution >= 0.6 is 11.3 Å². The first kappa shape index (κ1) is 28.4. The number of aliphatic hydroxyl groups excluding tert-OH is 2. The van der Waals surface area contributed by atoms with Crippen molar-refractivity contribution in [2.75, 3.05) is 71.6 Å². The summed E-state index contributed by atoms with van der Waals surface area (Å²) in [7, 11) is 0. The summed E-state index contributed by atoms with van der Waals surface area (Å²) in [6.45, 7) is 5.66. The first-order valence-electron chi connectivity index (χ1n) is 13.4. The van der Waals surface area contributed by atoms with Crippen LogP contribution in [-0.4, -0.2) is 110 Å². The van der Waals surface area contributed by atoms with E-state index < -0.39 is 0 Å². The number of pyridine rings is 1. The van der Waals surface area contributed by atoms with Gasteiger partial charge in [0.15, 0.2) is 11.6 Å². The molecule has 214 valence electrons. The molecule has 5 heterocycles. The van der Waals surface area contributed by atoms with Gasteiger partial charge in [-0.15, -0.1) is 11.3 Å². The third-order valence-electron chi connectivity index (χ3n) is 6.55. The highest BCUT2D eigenvalue weighted by molar-refractivity contribution is 7.19. The van der Waals surface area contributed by atoms with Crippen LogP contribution in [0.5, 0.6) is 0 Å². The van der Waals surface area contributed by atoms with Gasteiger partial charge in [-0.3, -0.25) is 9.80 Å². The predicted octanol–water partition coefficient (Wildman–Crippen LogP) is 1.40. The molecule has 1 aliphatic rings. The molecule has 1 aliphatic heterocycles. The number of aliphatic hydroxyl groups is 2. The van der Waals surface area contributed by atoms with E-state index in [4.69, 9.17) is 30.4 Å². The van der Waals surface area contributed by atoms with Gasteiger partial charge in [0.1, 0.15) is 0 Å². The minimum atomic E-state index is 0.0525. The summed E-state index contributed by atoms with van der Waals surface area (Å²) in [4.78, 5) is 10.1. The van der Waals surface area contributed by atoms with E-state index >= 15 is 0 Å². The lowest BCUT2D eigenvalue weighted by Gasteiger charge is -2.21. The Morgan fingerprint density at radius 1 is 0.775 bits per heavy atom. The molecular formula is C27H36N8O4S. The summed E-state index contributed by atoms with van der Waals surface area (Å²) in [5.41, 5.74) is 8.73. The van der Waals surface area contributed by atoms with Gasteiger partial charge in [0.25, 0.3) is 0 Å². The number of aromatic nitrogens is 5. The number of nitrogens with zero attached hydrogens (tertiary/aromatic N) is 7. The Morgan fingerprint density at radius 3 is 1.80 bits per heavy atom. The number of fused-ring (bicyclic) bond motifs is 8. The van der Waals surface area contributed by atoms with E-state index in [2.05, 4.69) is 9.80 Å². The fraction of sp³-hybridized carbons (Fsp3) is 0.444. The molecule has 0 unspecified atom stereocenters. The van der Waals surface area contributed by atoms with Crippen LogP contribution in [0.2, 0.25) is 0 Å². The predicted molar refractivity (Wildman–Crippen MR) is 153 cm³/mol. The normalized spacial score (nSPS) is 16.6. The van der Waals surface area contributed by atoms with Gasteiger partial charge in [-0.05, 0) is 42.0 Å². The van der Waals surface area contributed by atoms with Crippen LogP contribution in [0.1, 0.15) is 11.4 Å². The second-order valence-corrected chi connectivity index (χ2v) is 10.6. The van der Waals surface area contributed by atoms with Crippen LogP contribution in [0.15, 0.2) is 48.8 Å². The average molecular weight is 569 g/mol. The largest absolute Gasteiger partial charge is 0.395 e. The number of nitrogen functional groups attached to an aromatic ring is 1. The molecule has 0 saturated heterocycles. The van der Waals surface area contributed by atoms with Gasteiger partial charge in [0.05, 0.1) is 56.0 Å². The van der Waals surface area contributed by atoms with Crippen LogP contribution in [0.3, 0.4) is 0 Å². The van der Waals surface area contributed by atoms with Crippen molar-refractivity contribution in [3.63, 3.8) is 0 Å². The van der Waals surface area contributed by atoms with Gasteiger partial charge in [0.2, 0.25) is 0 Å². The van der Waals surface area contributed by atoms with Gasteiger partial charge in [0, 0.05) is 56.5 Å². The number of ether oxygens (including phenoxy) is 2. The zero-order chi connectivity index (χ0) is 27.7. The number of hydrogen-bond donors (Lipinski definition) is 3. The van der Waals surface area contributed by atoms with E-state index in [0.29, 0.717) is 77.3 Å². The first-order chi connectivity index (χ1) is 19.6. The van der Waals surface area contributed by atoms with Gasteiger partial charge < -0.3 is 25.4 Å². The summed E-state index contributed by atoms with van der Waals surface area (Å²) < 4.78 is 15.1. The van der Waals surface area contributed by atoms with Gasteiger partial charge in [-0.2, -0.15) is 10.2 Å². The second kappa shape index (κ2) is 13.9. The topological polar surface area (TPSA) is 140 Å². The van der Waals surface area contributed by atoms with Crippen molar-refractivity contribution in [1.82, 2.24) is 34.3 Å². The van der Waals surface area contributed by atoms with Gasteiger partial charge >= 0.3 is 0 Å². The van der Waals surface area contributed by atoms with Crippen LogP contribution in [0.25, 0.3) is 22.1 Å². The standard InChI is InChI=1S/C27H36N8O4S/c28-25-2-1-24(40-25)21-17-26-29-27(18-21)35-6-4-23(31-35)20-33(8-12-37)10-14-39-16-15-38-13-9-32(7-11-36)19-22-3-5-34(26)30-22/h1-6,17-18,36-37H,7-16,19-20,28H2. The van der Waals surface area contributed by atoms with E-state index in [-0.39, 0.29) is 13.2 Å². The van der Waals surface area contributed by atoms with Crippen LogP contribution in [0.4, 0.5) is 5.00 Å². The highest BCUT2D eigenvalue weighted by atomic mass is 32.1. The van der Waals surface area contributed by atoms with E-state index in [9.17, 15) is 10.2 Å². The highest BCUT2D eigenvalue weighted by Crippen LogP contribution is 2.31. The number of nitrogens with two attached hydrogens (primary N) is 1. The Labute approximate surface area is 237 Å². The lowest BCUT2D eigenvalue weighted by molar-refractivity contribution is 0.0268. The number of β-amino-alcohol motifs (C(OH)–C–C–N with tert-alkyl or cyclic N) is 2. The fourth-order valence-corrected chi connectivity index (χ4v) is 5.29. The SMILES string of the molecule is Nc1ccc(-c2cc3nc(c2)-n2ccc(n2)CN(CCO)CCOCCOCCN(CCO)Cc2ccn-3n2)s1. The molecule has 4 N–H and O–H groups in total. The molecule has 13 heteroatoms. The summed E-state index contributed by atoms with van der Waals surface area (Å²) in [6.07, 6.45) is 3.79.